The molecule has 0 N–H and O–H groups in total. The van der Waals surface area contributed by atoms with Crippen molar-refractivity contribution in [1.29, 1.82) is 0 Å². The molecule has 0 saturated carbocycles. The van der Waals surface area contributed by atoms with Crippen molar-refractivity contribution >= 4 is 15.9 Å². The number of nitrogens with zero attached hydrogens (tertiary/aromatic N) is 3. The Hall–Kier alpha value is -1.38. The fraction of sp³-hybridized carbons (Fsp3) is 0.722. The van der Waals surface area contributed by atoms with Crippen molar-refractivity contribution < 1.29 is 17.6 Å². The van der Waals surface area contributed by atoms with Crippen molar-refractivity contribution in [2.75, 3.05) is 45.0 Å². The van der Waals surface area contributed by atoms with Gasteiger partial charge in [-0.2, -0.15) is 4.31 Å². The van der Waals surface area contributed by atoms with Crippen LogP contribution in [-0.4, -0.2) is 79.5 Å². The van der Waals surface area contributed by atoms with Gasteiger partial charge in [0.25, 0.3) is 5.91 Å². The van der Waals surface area contributed by atoms with E-state index in [2.05, 4.69) is 4.90 Å². The van der Waals surface area contributed by atoms with Gasteiger partial charge in [-0.3, -0.25) is 4.79 Å². The van der Waals surface area contributed by atoms with E-state index in [1.807, 2.05) is 0 Å². The van der Waals surface area contributed by atoms with Crippen LogP contribution in [0.2, 0.25) is 0 Å². The Kier molecular flexibility index (Phi) is 6.04. The van der Waals surface area contributed by atoms with Gasteiger partial charge >= 0.3 is 0 Å². The van der Waals surface area contributed by atoms with Crippen molar-refractivity contribution in [1.82, 2.24) is 14.1 Å². The van der Waals surface area contributed by atoms with Crippen LogP contribution in [0.4, 0.5) is 0 Å². The SMILES string of the molecule is CCS(=O)(=O)N(CCN1CCCCC1)C1CN(C(=O)c2ccoc2C)C1. The number of piperidine rings is 1. The van der Waals surface area contributed by atoms with Gasteiger partial charge in [-0.25, -0.2) is 8.42 Å². The molecule has 0 aromatic carbocycles. The number of aryl methyl sites for hydroxylation is 1. The maximum Gasteiger partial charge on any atom is 0.257 e. The average Bonchev–Trinajstić information content (AvgIpc) is 3.03. The Bertz CT molecular complexity index is 719. The van der Waals surface area contributed by atoms with Crippen LogP contribution in [0.5, 0.6) is 0 Å². The zero-order valence-electron chi connectivity index (χ0n) is 15.7. The molecule has 1 amide bonds. The smallest absolute Gasteiger partial charge is 0.257 e. The fourth-order valence-electron chi connectivity index (χ4n) is 3.72. The van der Waals surface area contributed by atoms with Gasteiger partial charge in [-0.05, 0) is 45.8 Å². The lowest BCUT2D eigenvalue weighted by atomic mass is 10.1. The Balaban J connectivity index is 1.60. The van der Waals surface area contributed by atoms with Gasteiger partial charge in [0.1, 0.15) is 5.76 Å². The van der Waals surface area contributed by atoms with Gasteiger partial charge in [-0.1, -0.05) is 6.42 Å². The molecule has 0 radical (unpaired) electrons. The van der Waals surface area contributed by atoms with Crippen molar-refractivity contribution in [3.05, 3.63) is 23.7 Å². The summed E-state index contributed by atoms with van der Waals surface area (Å²) in [4.78, 5) is 16.5. The highest BCUT2D eigenvalue weighted by Crippen LogP contribution is 2.23. The maximum absolute atomic E-state index is 12.6. The Labute approximate surface area is 156 Å². The third-order valence-corrected chi connectivity index (χ3v) is 7.38. The molecule has 7 nitrogen and oxygen atoms in total. The van der Waals surface area contributed by atoms with Crippen molar-refractivity contribution in [2.24, 2.45) is 0 Å². The second-order valence-corrected chi connectivity index (χ2v) is 9.38. The van der Waals surface area contributed by atoms with Crippen molar-refractivity contribution in [3.63, 3.8) is 0 Å². The largest absolute Gasteiger partial charge is 0.469 e. The second kappa shape index (κ2) is 8.10. The Morgan fingerprint density at radius 3 is 2.54 bits per heavy atom. The zero-order valence-corrected chi connectivity index (χ0v) is 16.5. The summed E-state index contributed by atoms with van der Waals surface area (Å²) >= 11 is 0. The molecule has 2 fully saturated rings. The molecule has 0 spiro atoms. The second-order valence-electron chi connectivity index (χ2n) is 7.17. The quantitative estimate of drug-likeness (QED) is 0.714. The van der Waals surface area contributed by atoms with E-state index in [1.54, 1.807) is 29.1 Å². The van der Waals surface area contributed by atoms with Gasteiger partial charge in [0, 0.05) is 26.2 Å². The minimum Gasteiger partial charge on any atom is -0.469 e. The molecule has 3 heterocycles. The Morgan fingerprint density at radius 2 is 1.96 bits per heavy atom. The van der Waals surface area contributed by atoms with Gasteiger partial charge < -0.3 is 14.2 Å². The third-order valence-electron chi connectivity index (χ3n) is 5.45. The number of amides is 1. The number of furan rings is 1. The van der Waals surface area contributed by atoms with E-state index >= 15 is 0 Å². The number of sulfonamides is 1. The summed E-state index contributed by atoms with van der Waals surface area (Å²) in [5.74, 6) is 0.608. The molecule has 8 heteroatoms. The molecule has 146 valence electrons. The van der Waals surface area contributed by atoms with E-state index in [9.17, 15) is 13.2 Å². The summed E-state index contributed by atoms with van der Waals surface area (Å²) < 4.78 is 31.9. The van der Waals surface area contributed by atoms with Crippen LogP contribution in [0.25, 0.3) is 0 Å². The molecule has 3 rings (SSSR count). The first-order valence-corrected chi connectivity index (χ1v) is 11.1. The lowest BCUT2D eigenvalue weighted by Gasteiger charge is -2.45. The third kappa shape index (κ3) is 4.13. The highest BCUT2D eigenvalue weighted by atomic mass is 32.2. The number of hydrogen-bond acceptors (Lipinski definition) is 5. The normalized spacial score (nSPS) is 19.7. The Morgan fingerprint density at radius 1 is 1.27 bits per heavy atom. The minimum absolute atomic E-state index is 0.0858. The summed E-state index contributed by atoms with van der Waals surface area (Å²) in [6.07, 6.45) is 5.15. The van der Waals surface area contributed by atoms with Crippen molar-refractivity contribution in [3.8, 4) is 0 Å². The van der Waals surface area contributed by atoms with Gasteiger partial charge in [-0.15, -0.1) is 0 Å². The molecule has 2 aliphatic heterocycles. The zero-order chi connectivity index (χ0) is 18.7. The molecule has 0 atom stereocenters. The first kappa shape index (κ1) is 19.4. The van der Waals surface area contributed by atoms with E-state index in [0.29, 0.717) is 31.0 Å². The van der Waals surface area contributed by atoms with E-state index in [-0.39, 0.29) is 17.7 Å². The van der Waals surface area contributed by atoms with Gasteiger partial charge in [0.05, 0.1) is 23.6 Å². The minimum atomic E-state index is -3.28. The number of carbonyl (C=O) groups is 1. The van der Waals surface area contributed by atoms with E-state index in [4.69, 9.17) is 4.42 Å². The summed E-state index contributed by atoms with van der Waals surface area (Å²) in [7, 11) is -3.28. The molecule has 0 aliphatic carbocycles. The lowest BCUT2D eigenvalue weighted by molar-refractivity contribution is 0.0434. The summed E-state index contributed by atoms with van der Waals surface area (Å²) in [5.41, 5.74) is 0.557. The van der Waals surface area contributed by atoms with Crippen LogP contribution in [-0.2, 0) is 10.0 Å². The first-order valence-electron chi connectivity index (χ1n) is 9.47. The first-order chi connectivity index (χ1) is 12.4. The van der Waals surface area contributed by atoms with Gasteiger partial charge in [0.15, 0.2) is 0 Å². The van der Waals surface area contributed by atoms with E-state index in [0.717, 1.165) is 19.6 Å². The molecule has 2 aliphatic rings. The van der Waals surface area contributed by atoms with Crippen LogP contribution >= 0.6 is 0 Å². The summed E-state index contributed by atoms with van der Waals surface area (Å²) in [6, 6.07) is 1.54. The summed E-state index contributed by atoms with van der Waals surface area (Å²) in [5, 5.41) is 0. The number of rotatable bonds is 7. The molecule has 26 heavy (non-hydrogen) atoms. The lowest BCUT2D eigenvalue weighted by Crippen LogP contribution is -2.63. The molecule has 1 aromatic heterocycles. The van der Waals surface area contributed by atoms with Crippen LogP contribution < -0.4 is 0 Å². The molecule has 0 unspecified atom stereocenters. The van der Waals surface area contributed by atoms with Crippen LogP contribution in [0, 0.1) is 6.92 Å². The number of hydrogen-bond donors (Lipinski definition) is 0. The standard InChI is InChI=1S/C18H29N3O4S/c1-3-26(23,24)21(11-10-19-8-5-4-6-9-19)16-13-20(14-16)18(22)17-7-12-25-15(17)2/h7,12,16H,3-6,8-11,13-14H2,1-2H3. The molecular weight excluding hydrogens is 354 g/mol. The highest BCUT2D eigenvalue weighted by molar-refractivity contribution is 7.89. The summed E-state index contributed by atoms with van der Waals surface area (Å²) in [6.45, 7) is 7.71. The van der Waals surface area contributed by atoms with Crippen LogP contribution in [0.1, 0.15) is 42.3 Å². The van der Waals surface area contributed by atoms with E-state index in [1.165, 1.54) is 25.5 Å². The predicted octanol–water partition coefficient (Wildman–Crippen LogP) is 1.55. The maximum atomic E-state index is 12.6. The van der Waals surface area contributed by atoms with E-state index < -0.39 is 10.0 Å². The van der Waals surface area contributed by atoms with Gasteiger partial charge in [0.2, 0.25) is 10.0 Å². The van der Waals surface area contributed by atoms with Crippen molar-refractivity contribution in [2.45, 2.75) is 39.2 Å². The average molecular weight is 384 g/mol. The highest BCUT2D eigenvalue weighted by Gasteiger charge is 2.40. The molecule has 0 bridgehead atoms. The predicted molar refractivity (Wildman–Crippen MR) is 99.6 cm³/mol. The fourth-order valence-corrected chi connectivity index (χ4v) is 5.00. The van der Waals surface area contributed by atoms with Crippen LogP contribution in [0.3, 0.4) is 0 Å². The molecular formula is C18H29N3O4S. The monoisotopic (exact) mass is 383 g/mol. The van der Waals surface area contributed by atoms with Crippen LogP contribution in [0.15, 0.2) is 16.7 Å². The topological polar surface area (TPSA) is 74.1 Å². The molecule has 2 saturated heterocycles. The molecule has 1 aromatic rings. The number of carbonyl (C=O) groups excluding carboxylic acids is 1. The number of likely N-dealkylation sites (tertiary alicyclic amines) is 2.